The largest absolute Gasteiger partial charge is 0.370 e. The van der Waals surface area contributed by atoms with Crippen LogP contribution in [0.25, 0.3) is 0 Å². The number of aryl methyl sites for hydroxylation is 1. The Hall–Kier alpha value is -2.87. The molecule has 28 heavy (non-hydrogen) atoms. The summed E-state index contributed by atoms with van der Waals surface area (Å²) in [5, 5.41) is 7.24. The smallest absolute Gasteiger partial charge is 0.322 e. The second-order valence-electron chi connectivity index (χ2n) is 7.06. The zero-order valence-corrected chi connectivity index (χ0v) is 16.0. The molecule has 1 aromatic heterocycles. The normalized spacial score (nSPS) is 19.9. The molecule has 1 N–H and O–H groups in total. The van der Waals surface area contributed by atoms with Crippen LogP contribution in [0.4, 0.5) is 16.2 Å². The van der Waals surface area contributed by atoms with Crippen LogP contribution in [0.3, 0.4) is 0 Å². The number of urea groups is 1. The zero-order valence-electron chi connectivity index (χ0n) is 16.0. The van der Waals surface area contributed by atoms with Gasteiger partial charge in [-0.15, -0.1) is 0 Å². The Kier molecular flexibility index (Phi) is 5.29. The molecular weight excluding hydrogens is 358 g/mol. The number of amides is 3. The average Bonchev–Trinajstić information content (AvgIpc) is 3.37. The molecule has 0 bridgehead atoms. The van der Waals surface area contributed by atoms with Crippen molar-refractivity contribution < 1.29 is 14.3 Å². The Bertz CT molecular complexity index is 865. The monoisotopic (exact) mass is 383 g/mol. The topological polar surface area (TPSA) is 79.7 Å². The molecule has 3 heterocycles. The van der Waals surface area contributed by atoms with Gasteiger partial charge in [0.1, 0.15) is 6.10 Å². The summed E-state index contributed by atoms with van der Waals surface area (Å²) in [6, 6.07) is 7.28. The van der Waals surface area contributed by atoms with E-state index in [1.54, 1.807) is 16.0 Å². The summed E-state index contributed by atoms with van der Waals surface area (Å²) in [5.74, 6) is 0.132. The maximum atomic E-state index is 12.8. The van der Waals surface area contributed by atoms with Gasteiger partial charge < -0.3 is 19.9 Å². The number of ether oxygens (including phenoxy) is 1. The number of carbonyl (C=O) groups is 2. The molecule has 8 nitrogen and oxygen atoms in total. The molecule has 2 aliphatic heterocycles. The molecule has 1 aromatic carbocycles. The quantitative estimate of drug-likeness (QED) is 0.880. The lowest BCUT2D eigenvalue weighted by molar-refractivity contribution is -0.117. The fraction of sp³-hybridized carbons (Fsp3) is 0.450. The van der Waals surface area contributed by atoms with E-state index in [0.29, 0.717) is 31.8 Å². The fourth-order valence-electron chi connectivity index (χ4n) is 3.63. The van der Waals surface area contributed by atoms with Crippen LogP contribution in [0.2, 0.25) is 0 Å². The second-order valence-corrected chi connectivity index (χ2v) is 7.06. The number of anilines is 2. The van der Waals surface area contributed by atoms with Gasteiger partial charge in [-0.2, -0.15) is 5.10 Å². The standard InChI is InChI=1S/C20H25N5O3/c1-2-24-13-15(12-21-24)18-14-23(9-10-28-18)20(27)22-16-5-3-6-17(11-16)25-8-4-7-19(25)26/h3,5-6,11-13,18H,2,4,7-10,14H2,1H3,(H,22,27)/t18-/m0/s1. The van der Waals surface area contributed by atoms with Crippen LogP contribution >= 0.6 is 0 Å². The van der Waals surface area contributed by atoms with E-state index in [9.17, 15) is 9.59 Å². The minimum Gasteiger partial charge on any atom is -0.370 e. The molecule has 0 saturated carbocycles. The molecule has 2 aromatic rings. The summed E-state index contributed by atoms with van der Waals surface area (Å²) in [5.41, 5.74) is 2.49. The first-order chi connectivity index (χ1) is 13.6. The molecule has 148 valence electrons. The Morgan fingerprint density at radius 2 is 2.25 bits per heavy atom. The number of hydrogen-bond acceptors (Lipinski definition) is 4. The summed E-state index contributed by atoms with van der Waals surface area (Å²) in [6.07, 6.45) is 5.04. The number of hydrogen-bond donors (Lipinski definition) is 1. The van der Waals surface area contributed by atoms with Gasteiger partial charge >= 0.3 is 6.03 Å². The molecule has 0 radical (unpaired) electrons. The Labute approximate surface area is 164 Å². The predicted octanol–water partition coefficient (Wildman–Crippen LogP) is 2.64. The van der Waals surface area contributed by atoms with E-state index >= 15 is 0 Å². The summed E-state index contributed by atoms with van der Waals surface area (Å²) >= 11 is 0. The number of aromatic nitrogens is 2. The molecule has 2 saturated heterocycles. The van der Waals surface area contributed by atoms with Crippen LogP contribution in [0.15, 0.2) is 36.7 Å². The molecular formula is C20H25N5O3. The number of benzene rings is 1. The van der Waals surface area contributed by atoms with Gasteiger partial charge in [0.15, 0.2) is 0 Å². The summed E-state index contributed by atoms with van der Waals surface area (Å²) < 4.78 is 7.68. The summed E-state index contributed by atoms with van der Waals surface area (Å²) in [6.45, 7) is 5.06. The molecule has 8 heteroatoms. The molecule has 0 spiro atoms. The maximum absolute atomic E-state index is 12.8. The van der Waals surface area contributed by atoms with Gasteiger partial charge in [0.25, 0.3) is 0 Å². The van der Waals surface area contributed by atoms with Crippen LogP contribution in [0, 0.1) is 0 Å². The Morgan fingerprint density at radius 3 is 3.00 bits per heavy atom. The molecule has 2 fully saturated rings. The van der Waals surface area contributed by atoms with Crippen molar-refractivity contribution in [2.75, 3.05) is 36.5 Å². The number of morpholine rings is 1. The molecule has 1 atom stereocenters. The Morgan fingerprint density at radius 1 is 1.36 bits per heavy atom. The lowest BCUT2D eigenvalue weighted by Crippen LogP contribution is -2.44. The van der Waals surface area contributed by atoms with E-state index in [-0.39, 0.29) is 18.0 Å². The number of nitrogens with zero attached hydrogens (tertiary/aromatic N) is 4. The van der Waals surface area contributed by atoms with Gasteiger partial charge in [-0.3, -0.25) is 9.48 Å². The van der Waals surface area contributed by atoms with Gasteiger partial charge in [0.05, 0.1) is 19.3 Å². The van der Waals surface area contributed by atoms with Crippen LogP contribution in [0.5, 0.6) is 0 Å². The van der Waals surface area contributed by atoms with Crippen LogP contribution in [-0.2, 0) is 16.1 Å². The minimum absolute atomic E-state index is 0.132. The van der Waals surface area contributed by atoms with E-state index in [1.165, 1.54) is 0 Å². The fourth-order valence-corrected chi connectivity index (χ4v) is 3.63. The summed E-state index contributed by atoms with van der Waals surface area (Å²) in [4.78, 5) is 28.2. The van der Waals surface area contributed by atoms with Crippen LogP contribution in [-0.4, -0.2) is 52.9 Å². The van der Waals surface area contributed by atoms with Gasteiger partial charge in [-0.25, -0.2) is 4.79 Å². The number of rotatable bonds is 4. The highest BCUT2D eigenvalue weighted by Crippen LogP contribution is 2.25. The third-order valence-corrected chi connectivity index (χ3v) is 5.19. The SMILES string of the molecule is CCn1cc([C@@H]2CN(C(=O)Nc3cccc(N4CCCC4=O)c3)CCO2)cn1. The van der Waals surface area contributed by atoms with E-state index < -0.39 is 0 Å². The molecule has 2 aliphatic rings. The van der Waals surface area contributed by atoms with Crippen molar-refractivity contribution in [3.63, 3.8) is 0 Å². The van der Waals surface area contributed by atoms with Crippen molar-refractivity contribution in [2.45, 2.75) is 32.4 Å². The highest BCUT2D eigenvalue weighted by atomic mass is 16.5. The van der Waals surface area contributed by atoms with Crippen molar-refractivity contribution >= 4 is 23.3 Å². The predicted molar refractivity (Wildman–Crippen MR) is 105 cm³/mol. The van der Waals surface area contributed by atoms with Crippen molar-refractivity contribution in [1.82, 2.24) is 14.7 Å². The third-order valence-electron chi connectivity index (χ3n) is 5.19. The van der Waals surface area contributed by atoms with E-state index in [2.05, 4.69) is 10.4 Å². The maximum Gasteiger partial charge on any atom is 0.322 e. The number of nitrogens with one attached hydrogen (secondary N) is 1. The second kappa shape index (κ2) is 8.02. The van der Waals surface area contributed by atoms with Gasteiger partial charge in [-0.1, -0.05) is 6.07 Å². The van der Waals surface area contributed by atoms with Gasteiger partial charge in [-0.05, 0) is 31.5 Å². The van der Waals surface area contributed by atoms with Crippen molar-refractivity contribution in [3.05, 3.63) is 42.2 Å². The first kappa shape index (κ1) is 18.5. The van der Waals surface area contributed by atoms with Crippen molar-refractivity contribution in [3.8, 4) is 0 Å². The van der Waals surface area contributed by atoms with E-state index in [0.717, 1.165) is 30.8 Å². The Balaban J connectivity index is 1.41. The number of carbonyl (C=O) groups excluding carboxylic acids is 2. The first-order valence-electron chi connectivity index (χ1n) is 9.74. The molecule has 3 amide bonds. The highest BCUT2D eigenvalue weighted by molar-refractivity contribution is 5.96. The van der Waals surface area contributed by atoms with Gasteiger partial charge in [0.2, 0.25) is 5.91 Å². The average molecular weight is 383 g/mol. The van der Waals surface area contributed by atoms with Crippen molar-refractivity contribution in [2.24, 2.45) is 0 Å². The zero-order chi connectivity index (χ0) is 19.5. The van der Waals surface area contributed by atoms with E-state index in [4.69, 9.17) is 4.74 Å². The lowest BCUT2D eigenvalue weighted by Gasteiger charge is -2.32. The third kappa shape index (κ3) is 3.87. The summed E-state index contributed by atoms with van der Waals surface area (Å²) in [7, 11) is 0. The first-order valence-corrected chi connectivity index (χ1v) is 9.74. The van der Waals surface area contributed by atoms with Crippen molar-refractivity contribution in [1.29, 1.82) is 0 Å². The minimum atomic E-state index is -0.173. The molecule has 0 unspecified atom stereocenters. The van der Waals surface area contributed by atoms with Gasteiger partial charge in [0, 0.05) is 49.2 Å². The molecule has 0 aliphatic carbocycles. The lowest BCUT2D eigenvalue weighted by atomic mass is 10.1. The molecule has 4 rings (SSSR count). The van der Waals surface area contributed by atoms with E-state index in [1.807, 2.05) is 42.1 Å². The van der Waals surface area contributed by atoms with Crippen LogP contribution < -0.4 is 10.2 Å². The highest BCUT2D eigenvalue weighted by Gasteiger charge is 2.27. The van der Waals surface area contributed by atoms with Crippen LogP contribution in [0.1, 0.15) is 31.4 Å².